The molecule has 0 aromatic heterocycles. The first-order valence-corrected chi connectivity index (χ1v) is 11.9. The molecule has 0 aliphatic carbocycles. The normalized spacial score (nSPS) is 14.1. The maximum absolute atomic E-state index is 13.0. The summed E-state index contributed by atoms with van der Waals surface area (Å²) in [5.74, 6) is 0.370. The van der Waals surface area contributed by atoms with Gasteiger partial charge in [-0.2, -0.15) is 10.1 Å². The molecule has 0 saturated heterocycles. The Morgan fingerprint density at radius 1 is 1.06 bits per heavy atom. The van der Waals surface area contributed by atoms with E-state index in [-0.39, 0.29) is 18.4 Å². The van der Waals surface area contributed by atoms with Gasteiger partial charge < -0.3 is 14.8 Å². The number of hydrogen-bond acceptors (Lipinski definition) is 5. The lowest BCUT2D eigenvalue weighted by Crippen LogP contribution is -2.21. The van der Waals surface area contributed by atoms with E-state index in [4.69, 9.17) is 9.47 Å². The summed E-state index contributed by atoms with van der Waals surface area (Å²) in [5.41, 5.74) is 3.23. The molecule has 1 heterocycles. The molecule has 1 N–H and O–H groups in total. The lowest BCUT2D eigenvalue weighted by atomic mass is 10.1. The molecule has 3 aromatic rings. The van der Waals surface area contributed by atoms with E-state index in [0.717, 1.165) is 5.56 Å². The SMILES string of the molecule is CCOc1cc(/C=C2\C(=O)N(c3ccccc3)N=C2C)cc(Br)c1OCC(=O)Nc1ccccc1. The van der Waals surface area contributed by atoms with E-state index in [0.29, 0.717) is 45.2 Å². The highest BCUT2D eigenvalue weighted by atomic mass is 79.9. The molecule has 8 heteroatoms. The molecule has 0 fully saturated rings. The number of amides is 2. The van der Waals surface area contributed by atoms with Crippen molar-refractivity contribution >= 4 is 50.9 Å². The quantitative estimate of drug-likeness (QED) is 0.378. The predicted molar refractivity (Wildman–Crippen MR) is 141 cm³/mol. The fourth-order valence-corrected chi connectivity index (χ4v) is 4.10. The third-order valence-corrected chi connectivity index (χ3v) is 5.70. The van der Waals surface area contributed by atoms with Crippen LogP contribution in [-0.4, -0.2) is 30.7 Å². The maximum Gasteiger partial charge on any atom is 0.280 e. The molecular formula is C27H24BrN3O4. The second-order valence-electron chi connectivity index (χ2n) is 7.66. The van der Waals surface area contributed by atoms with Gasteiger partial charge in [0.2, 0.25) is 0 Å². The van der Waals surface area contributed by atoms with Gasteiger partial charge in [0.1, 0.15) is 0 Å². The van der Waals surface area contributed by atoms with Gasteiger partial charge in [0, 0.05) is 5.69 Å². The summed E-state index contributed by atoms with van der Waals surface area (Å²) < 4.78 is 12.2. The molecule has 2 amide bonds. The smallest absolute Gasteiger partial charge is 0.280 e. The van der Waals surface area contributed by atoms with Crippen LogP contribution >= 0.6 is 15.9 Å². The van der Waals surface area contributed by atoms with Gasteiger partial charge in [0.15, 0.2) is 18.1 Å². The zero-order valence-electron chi connectivity index (χ0n) is 19.3. The second kappa shape index (κ2) is 11.0. The molecule has 0 bridgehead atoms. The highest BCUT2D eigenvalue weighted by Gasteiger charge is 2.28. The zero-order valence-corrected chi connectivity index (χ0v) is 20.9. The summed E-state index contributed by atoms with van der Waals surface area (Å²) in [7, 11) is 0. The summed E-state index contributed by atoms with van der Waals surface area (Å²) in [5, 5.41) is 8.60. The van der Waals surface area contributed by atoms with Crippen LogP contribution < -0.4 is 19.8 Å². The van der Waals surface area contributed by atoms with Crippen molar-refractivity contribution in [3.63, 3.8) is 0 Å². The van der Waals surface area contributed by atoms with Crippen LogP contribution in [-0.2, 0) is 9.59 Å². The van der Waals surface area contributed by atoms with Crippen molar-refractivity contribution in [1.29, 1.82) is 0 Å². The number of carbonyl (C=O) groups excluding carboxylic acids is 2. The fourth-order valence-electron chi connectivity index (χ4n) is 3.53. The van der Waals surface area contributed by atoms with E-state index in [1.165, 1.54) is 5.01 Å². The van der Waals surface area contributed by atoms with Crippen molar-refractivity contribution < 1.29 is 19.1 Å². The molecule has 35 heavy (non-hydrogen) atoms. The van der Waals surface area contributed by atoms with Gasteiger partial charge in [-0.25, -0.2) is 0 Å². The van der Waals surface area contributed by atoms with Crippen LogP contribution in [0.15, 0.2) is 87.9 Å². The van der Waals surface area contributed by atoms with Gasteiger partial charge in [-0.1, -0.05) is 36.4 Å². The summed E-state index contributed by atoms with van der Waals surface area (Å²) >= 11 is 3.52. The third-order valence-electron chi connectivity index (χ3n) is 5.11. The standard InChI is InChI=1S/C27H24BrN3O4/c1-3-34-24-16-19(14-22-18(2)30-31(27(22)33)21-12-8-5-9-13-21)15-23(28)26(24)35-17-25(32)29-20-10-6-4-7-11-20/h4-16H,3,17H2,1-2H3,(H,29,32)/b22-14-. The van der Waals surface area contributed by atoms with E-state index < -0.39 is 0 Å². The fraction of sp³-hybridized carbons (Fsp3) is 0.148. The van der Waals surface area contributed by atoms with Crippen LogP contribution in [0.3, 0.4) is 0 Å². The molecule has 0 unspecified atom stereocenters. The first kappa shape index (κ1) is 24.2. The number of nitrogens with zero attached hydrogens (tertiary/aromatic N) is 2. The molecule has 0 radical (unpaired) electrons. The van der Waals surface area contributed by atoms with E-state index in [1.807, 2.05) is 61.5 Å². The van der Waals surface area contributed by atoms with E-state index in [9.17, 15) is 9.59 Å². The minimum Gasteiger partial charge on any atom is -0.490 e. The minimum atomic E-state index is -0.291. The number of benzene rings is 3. The minimum absolute atomic E-state index is 0.190. The summed E-state index contributed by atoms with van der Waals surface area (Å²) in [6.45, 7) is 3.87. The number of hydrazone groups is 1. The number of anilines is 2. The van der Waals surface area contributed by atoms with Crippen LogP contribution in [0, 0.1) is 0 Å². The zero-order chi connectivity index (χ0) is 24.8. The maximum atomic E-state index is 13.0. The second-order valence-corrected chi connectivity index (χ2v) is 8.52. The first-order chi connectivity index (χ1) is 17.0. The van der Waals surface area contributed by atoms with Crippen molar-refractivity contribution in [3.8, 4) is 11.5 Å². The Balaban J connectivity index is 1.54. The molecule has 178 valence electrons. The van der Waals surface area contributed by atoms with Crippen LogP contribution in [0.2, 0.25) is 0 Å². The molecule has 4 rings (SSSR count). The topological polar surface area (TPSA) is 80.2 Å². The molecule has 7 nitrogen and oxygen atoms in total. The Kier molecular flexibility index (Phi) is 7.62. The number of ether oxygens (including phenoxy) is 2. The Labute approximate surface area is 212 Å². The molecule has 3 aromatic carbocycles. The third kappa shape index (κ3) is 5.78. The van der Waals surface area contributed by atoms with Crippen molar-refractivity contribution in [1.82, 2.24) is 0 Å². The van der Waals surface area contributed by atoms with Crippen molar-refractivity contribution in [3.05, 3.63) is 88.4 Å². The lowest BCUT2D eigenvalue weighted by Gasteiger charge is -2.15. The number of carbonyl (C=O) groups is 2. The monoisotopic (exact) mass is 533 g/mol. The van der Waals surface area contributed by atoms with Crippen LogP contribution in [0.4, 0.5) is 11.4 Å². The van der Waals surface area contributed by atoms with Gasteiger partial charge >= 0.3 is 0 Å². The molecule has 0 spiro atoms. The summed E-state index contributed by atoms with van der Waals surface area (Å²) in [6.07, 6.45) is 1.77. The van der Waals surface area contributed by atoms with Crippen LogP contribution in [0.25, 0.3) is 6.08 Å². The molecule has 0 saturated carbocycles. The lowest BCUT2D eigenvalue weighted by molar-refractivity contribution is -0.118. The largest absolute Gasteiger partial charge is 0.490 e. The van der Waals surface area contributed by atoms with Crippen molar-refractivity contribution in [2.75, 3.05) is 23.5 Å². The van der Waals surface area contributed by atoms with Gasteiger partial charge in [-0.3, -0.25) is 9.59 Å². The van der Waals surface area contributed by atoms with Gasteiger partial charge in [0.25, 0.3) is 11.8 Å². The van der Waals surface area contributed by atoms with Crippen LogP contribution in [0.1, 0.15) is 19.4 Å². The summed E-state index contributed by atoms with van der Waals surface area (Å²) in [6, 6.07) is 22.0. The average Bonchev–Trinajstić information content (AvgIpc) is 3.13. The number of nitrogens with one attached hydrogen (secondary N) is 1. The Morgan fingerprint density at radius 3 is 2.43 bits per heavy atom. The molecule has 0 atom stereocenters. The van der Waals surface area contributed by atoms with Gasteiger partial charge in [-0.15, -0.1) is 0 Å². The number of hydrogen-bond donors (Lipinski definition) is 1. The van der Waals surface area contributed by atoms with Crippen molar-refractivity contribution in [2.45, 2.75) is 13.8 Å². The number of rotatable bonds is 8. The molecular weight excluding hydrogens is 510 g/mol. The number of para-hydroxylation sites is 2. The van der Waals surface area contributed by atoms with Crippen LogP contribution in [0.5, 0.6) is 11.5 Å². The Hall–Kier alpha value is -3.91. The predicted octanol–water partition coefficient (Wildman–Crippen LogP) is 5.67. The Bertz CT molecular complexity index is 1290. The van der Waals surface area contributed by atoms with Gasteiger partial charge in [0.05, 0.1) is 28.1 Å². The molecule has 1 aliphatic heterocycles. The van der Waals surface area contributed by atoms with E-state index >= 15 is 0 Å². The molecule has 1 aliphatic rings. The average molecular weight is 534 g/mol. The van der Waals surface area contributed by atoms with Crippen molar-refractivity contribution in [2.24, 2.45) is 5.10 Å². The first-order valence-electron chi connectivity index (χ1n) is 11.1. The highest BCUT2D eigenvalue weighted by molar-refractivity contribution is 9.10. The Morgan fingerprint density at radius 2 is 1.74 bits per heavy atom. The number of halogens is 1. The van der Waals surface area contributed by atoms with E-state index in [2.05, 4.69) is 26.3 Å². The highest BCUT2D eigenvalue weighted by Crippen LogP contribution is 2.38. The van der Waals surface area contributed by atoms with Gasteiger partial charge in [-0.05, 0) is 77.8 Å². The van der Waals surface area contributed by atoms with E-state index in [1.54, 1.807) is 31.2 Å². The summed E-state index contributed by atoms with van der Waals surface area (Å²) in [4.78, 5) is 25.4.